The average molecular weight is 333 g/mol. The Kier molecular flexibility index (Phi) is 4.67. The van der Waals surface area contributed by atoms with E-state index in [1.807, 2.05) is 20.1 Å². The number of thioether (sulfide) groups is 1. The van der Waals surface area contributed by atoms with Gasteiger partial charge in [0.2, 0.25) is 11.1 Å². The van der Waals surface area contributed by atoms with Crippen LogP contribution in [0.4, 0.5) is 5.95 Å². The van der Waals surface area contributed by atoms with Gasteiger partial charge in [0.25, 0.3) is 0 Å². The summed E-state index contributed by atoms with van der Waals surface area (Å²) in [6, 6.07) is 3.32. The average Bonchev–Trinajstić information content (AvgIpc) is 2.73. The van der Waals surface area contributed by atoms with Crippen molar-refractivity contribution in [2.45, 2.75) is 25.1 Å². The SMILES string of the molecule is CSc1nc(N)n(-c2cc(OC(C)C)c(Cl)cc2Cl)n1. The Morgan fingerprint density at radius 1 is 1.30 bits per heavy atom. The molecule has 0 fully saturated rings. The van der Waals surface area contributed by atoms with Crippen LogP contribution in [-0.4, -0.2) is 27.1 Å². The van der Waals surface area contributed by atoms with Gasteiger partial charge in [0.05, 0.1) is 21.8 Å². The van der Waals surface area contributed by atoms with E-state index in [2.05, 4.69) is 10.1 Å². The van der Waals surface area contributed by atoms with E-state index in [9.17, 15) is 0 Å². The third-order valence-corrected chi connectivity index (χ3v) is 3.52. The molecule has 0 aliphatic heterocycles. The van der Waals surface area contributed by atoms with Gasteiger partial charge in [-0.25, -0.2) is 0 Å². The van der Waals surface area contributed by atoms with Crippen LogP contribution in [0.1, 0.15) is 13.8 Å². The maximum atomic E-state index is 6.21. The van der Waals surface area contributed by atoms with Crippen molar-refractivity contribution in [1.29, 1.82) is 0 Å². The van der Waals surface area contributed by atoms with Crippen molar-refractivity contribution >= 4 is 40.9 Å². The van der Waals surface area contributed by atoms with E-state index in [1.54, 1.807) is 12.1 Å². The molecule has 1 aromatic carbocycles. The predicted molar refractivity (Wildman–Crippen MR) is 83.3 cm³/mol. The second kappa shape index (κ2) is 6.11. The Balaban J connectivity index is 2.52. The monoisotopic (exact) mass is 332 g/mol. The molecule has 8 heteroatoms. The van der Waals surface area contributed by atoms with Crippen molar-refractivity contribution in [1.82, 2.24) is 14.8 Å². The minimum absolute atomic E-state index is 0.00335. The smallest absolute Gasteiger partial charge is 0.224 e. The summed E-state index contributed by atoms with van der Waals surface area (Å²) in [5.41, 5.74) is 6.43. The van der Waals surface area contributed by atoms with Crippen LogP contribution in [0.25, 0.3) is 5.69 Å². The molecule has 0 amide bonds. The molecule has 108 valence electrons. The van der Waals surface area contributed by atoms with Crippen molar-refractivity contribution < 1.29 is 4.74 Å². The van der Waals surface area contributed by atoms with Gasteiger partial charge in [0.1, 0.15) is 5.75 Å². The van der Waals surface area contributed by atoms with Gasteiger partial charge in [-0.05, 0) is 26.2 Å². The molecule has 0 atom stereocenters. The number of anilines is 1. The fourth-order valence-electron chi connectivity index (χ4n) is 1.59. The quantitative estimate of drug-likeness (QED) is 0.865. The van der Waals surface area contributed by atoms with E-state index < -0.39 is 0 Å². The molecule has 0 bridgehead atoms. The highest BCUT2D eigenvalue weighted by atomic mass is 35.5. The maximum Gasteiger partial charge on any atom is 0.224 e. The van der Waals surface area contributed by atoms with Crippen LogP contribution in [0, 0.1) is 0 Å². The van der Waals surface area contributed by atoms with Crippen molar-refractivity contribution in [3.05, 3.63) is 22.2 Å². The standard InChI is InChI=1S/C12H14Cl2N4OS/c1-6(2)19-10-5-9(7(13)4-8(10)14)18-11(15)16-12(17-18)20-3/h4-6H,1-3H3,(H2,15,16,17). The summed E-state index contributed by atoms with van der Waals surface area (Å²) in [6.45, 7) is 3.83. The molecule has 0 saturated heterocycles. The van der Waals surface area contributed by atoms with E-state index in [-0.39, 0.29) is 12.1 Å². The molecule has 5 nitrogen and oxygen atoms in total. The van der Waals surface area contributed by atoms with Crippen molar-refractivity contribution in [3.8, 4) is 11.4 Å². The van der Waals surface area contributed by atoms with Crippen molar-refractivity contribution in [2.24, 2.45) is 0 Å². The van der Waals surface area contributed by atoms with Gasteiger partial charge < -0.3 is 10.5 Å². The number of nitrogen functional groups attached to an aromatic ring is 1. The van der Waals surface area contributed by atoms with Crippen LogP contribution < -0.4 is 10.5 Å². The molecule has 1 aromatic heterocycles. The number of nitrogens with zero attached hydrogens (tertiary/aromatic N) is 3. The number of aromatic nitrogens is 3. The minimum Gasteiger partial charge on any atom is -0.489 e. The molecule has 0 radical (unpaired) electrons. The summed E-state index contributed by atoms with van der Waals surface area (Å²) in [6.07, 6.45) is 1.87. The van der Waals surface area contributed by atoms with E-state index in [0.29, 0.717) is 26.6 Å². The number of nitrogens with two attached hydrogens (primary N) is 1. The van der Waals surface area contributed by atoms with Gasteiger partial charge in [0, 0.05) is 6.07 Å². The van der Waals surface area contributed by atoms with Gasteiger partial charge in [0.15, 0.2) is 0 Å². The van der Waals surface area contributed by atoms with E-state index in [0.717, 1.165) is 0 Å². The summed E-state index contributed by atoms with van der Waals surface area (Å²) < 4.78 is 7.11. The third kappa shape index (κ3) is 3.13. The van der Waals surface area contributed by atoms with Gasteiger partial charge >= 0.3 is 0 Å². The normalized spacial score (nSPS) is 11.1. The second-order valence-corrected chi connectivity index (χ2v) is 5.86. The van der Waals surface area contributed by atoms with Crippen LogP contribution in [0.2, 0.25) is 10.0 Å². The molecule has 0 aliphatic rings. The molecule has 20 heavy (non-hydrogen) atoms. The zero-order chi connectivity index (χ0) is 14.9. The van der Waals surface area contributed by atoms with E-state index in [1.165, 1.54) is 16.4 Å². The van der Waals surface area contributed by atoms with Gasteiger partial charge in [-0.3, -0.25) is 0 Å². The number of ether oxygens (including phenoxy) is 1. The molecule has 2 aromatic rings. The Morgan fingerprint density at radius 2 is 2.00 bits per heavy atom. The Bertz CT molecular complexity index is 630. The number of rotatable bonds is 4. The Hall–Kier alpha value is -1.11. The Morgan fingerprint density at radius 3 is 2.55 bits per heavy atom. The van der Waals surface area contributed by atoms with Crippen LogP contribution >= 0.6 is 35.0 Å². The molecule has 1 heterocycles. The third-order valence-electron chi connectivity index (χ3n) is 2.39. The first kappa shape index (κ1) is 15.3. The number of hydrogen-bond donors (Lipinski definition) is 1. The summed E-state index contributed by atoms with van der Waals surface area (Å²) in [5, 5.41) is 5.71. The van der Waals surface area contributed by atoms with Crippen LogP contribution in [0.5, 0.6) is 5.75 Å². The molecule has 0 unspecified atom stereocenters. The highest BCUT2D eigenvalue weighted by Gasteiger charge is 2.15. The number of benzene rings is 1. The fraction of sp³-hybridized carbons (Fsp3) is 0.333. The number of hydrogen-bond acceptors (Lipinski definition) is 5. The van der Waals surface area contributed by atoms with Gasteiger partial charge in [-0.1, -0.05) is 35.0 Å². The first-order valence-corrected chi connectivity index (χ1v) is 7.83. The highest BCUT2D eigenvalue weighted by molar-refractivity contribution is 7.98. The van der Waals surface area contributed by atoms with Crippen molar-refractivity contribution in [2.75, 3.05) is 12.0 Å². The molecule has 0 saturated carbocycles. The summed E-state index contributed by atoms with van der Waals surface area (Å²) >= 11 is 13.7. The predicted octanol–water partition coefficient (Wildman–Crippen LogP) is 3.67. The van der Waals surface area contributed by atoms with Crippen LogP contribution in [0.15, 0.2) is 17.3 Å². The van der Waals surface area contributed by atoms with Gasteiger partial charge in [-0.2, -0.15) is 9.67 Å². The number of halogens is 2. The lowest BCUT2D eigenvalue weighted by Gasteiger charge is -2.14. The van der Waals surface area contributed by atoms with Crippen molar-refractivity contribution in [3.63, 3.8) is 0 Å². The highest BCUT2D eigenvalue weighted by Crippen LogP contribution is 2.34. The van der Waals surface area contributed by atoms with Crippen LogP contribution in [-0.2, 0) is 0 Å². The van der Waals surface area contributed by atoms with E-state index >= 15 is 0 Å². The molecule has 0 spiro atoms. The lowest BCUT2D eigenvalue weighted by molar-refractivity contribution is 0.242. The minimum atomic E-state index is -0.00335. The topological polar surface area (TPSA) is 66.0 Å². The molecular formula is C12H14Cl2N4OS. The van der Waals surface area contributed by atoms with Crippen LogP contribution in [0.3, 0.4) is 0 Å². The summed E-state index contributed by atoms with van der Waals surface area (Å²) in [4.78, 5) is 4.12. The zero-order valence-electron chi connectivity index (χ0n) is 11.2. The first-order valence-electron chi connectivity index (χ1n) is 5.85. The molecule has 2 N–H and O–H groups in total. The summed E-state index contributed by atoms with van der Waals surface area (Å²) in [7, 11) is 0. The summed E-state index contributed by atoms with van der Waals surface area (Å²) in [5.74, 6) is 0.788. The second-order valence-electron chi connectivity index (χ2n) is 4.27. The van der Waals surface area contributed by atoms with Gasteiger partial charge in [-0.15, -0.1) is 5.10 Å². The lowest BCUT2D eigenvalue weighted by atomic mass is 10.3. The molecule has 0 aliphatic carbocycles. The zero-order valence-corrected chi connectivity index (χ0v) is 13.6. The molecule has 2 rings (SSSR count). The largest absolute Gasteiger partial charge is 0.489 e. The lowest BCUT2D eigenvalue weighted by Crippen LogP contribution is -2.08. The fourth-order valence-corrected chi connectivity index (χ4v) is 2.45. The first-order chi connectivity index (χ1) is 9.42. The maximum absolute atomic E-state index is 6.21. The van der Waals surface area contributed by atoms with E-state index in [4.69, 9.17) is 33.7 Å². The Labute approximate surface area is 131 Å². The molecular weight excluding hydrogens is 319 g/mol.